The monoisotopic (exact) mass is 788 g/mol. The van der Waals surface area contributed by atoms with Crippen LogP contribution < -0.4 is 0 Å². The fourth-order valence-corrected chi connectivity index (χ4v) is 5.38. The van der Waals surface area contributed by atoms with E-state index in [0.717, 1.165) is 44.9 Å². The molecule has 0 heterocycles. The molecule has 0 radical (unpaired) electrons. The highest BCUT2D eigenvalue weighted by Gasteiger charge is 2.22. The largest absolute Gasteiger partial charge is 0.469 e. The standard InChI is InChI=1S/C45H73O9P/c1-3-5-7-9-11-12-13-14-15-16-17-18-19-20-21-22-26-30-34-38-44(47)52-40-43(41-53-55(49,50)51)54-45(48)39-35-31-27-24-23-25-29-33-37-42(46)36-32-28-10-8-6-4-2/h11-12,14-15,17-18,20-21,24-25,27-29,32-33,37,42-43,46H,3-10,13,16,19,22-23,26,30-31,34-36,38-41H2,1-2H3,(H2,49,50,51)/b12-11-,15-14-,18-17-,21-20-,27-24-,29-25-,32-28-,37-33+/t42-,43+/m0/s1. The Kier molecular flexibility index (Phi) is 37.0. The van der Waals surface area contributed by atoms with Crippen molar-refractivity contribution in [1.29, 1.82) is 0 Å². The van der Waals surface area contributed by atoms with Crippen molar-refractivity contribution in [3.63, 3.8) is 0 Å². The lowest BCUT2D eigenvalue weighted by Crippen LogP contribution is -2.29. The number of phosphoric ester groups is 1. The zero-order chi connectivity index (χ0) is 40.5. The number of esters is 2. The molecule has 0 bridgehead atoms. The number of hydrogen-bond donors (Lipinski definition) is 3. The van der Waals surface area contributed by atoms with Crippen LogP contribution in [0.2, 0.25) is 0 Å². The van der Waals surface area contributed by atoms with Gasteiger partial charge in [0, 0.05) is 12.8 Å². The van der Waals surface area contributed by atoms with E-state index in [0.29, 0.717) is 32.1 Å². The number of aliphatic hydroxyl groups excluding tert-OH is 1. The van der Waals surface area contributed by atoms with Crippen LogP contribution in [0.1, 0.15) is 149 Å². The van der Waals surface area contributed by atoms with Crippen molar-refractivity contribution in [1.82, 2.24) is 0 Å². The second-order valence-corrected chi connectivity index (χ2v) is 14.7. The minimum Gasteiger partial charge on any atom is -0.462 e. The topological polar surface area (TPSA) is 140 Å². The minimum absolute atomic E-state index is 0.0909. The van der Waals surface area contributed by atoms with Crippen LogP contribution in [0, 0.1) is 0 Å². The van der Waals surface area contributed by atoms with Crippen LogP contribution in [0.3, 0.4) is 0 Å². The van der Waals surface area contributed by atoms with Gasteiger partial charge in [-0.2, -0.15) is 0 Å². The van der Waals surface area contributed by atoms with Gasteiger partial charge in [-0.05, 0) is 89.9 Å². The molecule has 0 unspecified atom stereocenters. The van der Waals surface area contributed by atoms with E-state index in [9.17, 15) is 19.3 Å². The lowest BCUT2D eigenvalue weighted by molar-refractivity contribution is -0.161. The summed E-state index contributed by atoms with van der Waals surface area (Å²) in [6.45, 7) is 3.46. The molecular formula is C45H73O9P. The van der Waals surface area contributed by atoms with E-state index in [2.05, 4.69) is 73.1 Å². The third-order valence-corrected chi connectivity index (χ3v) is 8.64. The Bertz CT molecular complexity index is 1220. The van der Waals surface area contributed by atoms with Gasteiger partial charge in [0.05, 0.1) is 12.7 Å². The van der Waals surface area contributed by atoms with Crippen molar-refractivity contribution >= 4 is 19.8 Å². The third kappa shape index (κ3) is 41.9. The first-order valence-electron chi connectivity index (χ1n) is 20.6. The highest BCUT2D eigenvalue weighted by molar-refractivity contribution is 7.46. The van der Waals surface area contributed by atoms with Gasteiger partial charge in [-0.15, -0.1) is 0 Å². The molecule has 0 rings (SSSR count). The molecule has 312 valence electrons. The summed E-state index contributed by atoms with van der Waals surface area (Å²) in [7, 11) is -4.80. The van der Waals surface area contributed by atoms with E-state index in [1.54, 1.807) is 6.08 Å². The number of unbranched alkanes of at least 4 members (excludes halogenated alkanes) is 10. The summed E-state index contributed by atoms with van der Waals surface area (Å²) in [5.74, 6) is -1.04. The van der Waals surface area contributed by atoms with Crippen molar-refractivity contribution in [2.75, 3.05) is 13.2 Å². The van der Waals surface area contributed by atoms with Gasteiger partial charge in [0.1, 0.15) is 6.61 Å². The lowest BCUT2D eigenvalue weighted by atomic mass is 10.1. The lowest BCUT2D eigenvalue weighted by Gasteiger charge is -2.18. The number of allylic oxidation sites excluding steroid dienone is 14. The molecule has 0 aromatic heterocycles. The molecule has 0 aliphatic heterocycles. The van der Waals surface area contributed by atoms with Crippen LogP contribution in [0.5, 0.6) is 0 Å². The van der Waals surface area contributed by atoms with E-state index in [1.165, 1.54) is 44.9 Å². The number of carbonyl (C=O) groups is 2. The molecular weight excluding hydrogens is 715 g/mol. The van der Waals surface area contributed by atoms with Gasteiger partial charge in [-0.25, -0.2) is 4.57 Å². The number of aliphatic hydroxyl groups is 1. The second kappa shape index (κ2) is 39.2. The number of hydrogen-bond acceptors (Lipinski definition) is 7. The van der Waals surface area contributed by atoms with Gasteiger partial charge in [0.25, 0.3) is 0 Å². The Morgan fingerprint density at radius 3 is 1.62 bits per heavy atom. The molecule has 0 saturated carbocycles. The zero-order valence-corrected chi connectivity index (χ0v) is 34.8. The number of phosphoric acid groups is 1. The first-order chi connectivity index (χ1) is 26.7. The van der Waals surface area contributed by atoms with E-state index in [4.69, 9.17) is 19.3 Å². The summed E-state index contributed by atoms with van der Waals surface area (Å²) >= 11 is 0. The van der Waals surface area contributed by atoms with Gasteiger partial charge in [-0.3, -0.25) is 14.1 Å². The fourth-order valence-electron chi connectivity index (χ4n) is 5.02. The Hall–Kier alpha value is -3.07. The maximum atomic E-state index is 12.4. The minimum atomic E-state index is -4.80. The second-order valence-electron chi connectivity index (χ2n) is 13.5. The maximum absolute atomic E-state index is 12.4. The van der Waals surface area contributed by atoms with Crippen molar-refractivity contribution < 1.29 is 43.0 Å². The Balaban J connectivity index is 4.18. The van der Waals surface area contributed by atoms with Crippen molar-refractivity contribution in [2.24, 2.45) is 0 Å². The van der Waals surface area contributed by atoms with E-state index in [1.807, 2.05) is 36.5 Å². The van der Waals surface area contributed by atoms with Crippen molar-refractivity contribution in [3.8, 4) is 0 Å². The van der Waals surface area contributed by atoms with Gasteiger partial charge in [0.15, 0.2) is 6.10 Å². The number of rotatable bonds is 36. The van der Waals surface area contributed by atoms with Gasteiger partial charge < -0.3 is 24.4 Å². The van der Waals surface area contributed by atoms with Crippen LogP contribution in [0.25, 0.3) is 0 Å². The summed E-state index contributed by atoms with van der Waals surface area (Å²) < 4.78 is 26.3. The summed E-state index contributed by atoms with van der Waals surface area (Å²) in [6.07, 6.45) is 50.1. The predicted molar refractivity (Wildman–Crippen MR) is 226 cm³/mol. The maximum Gasteiger partial charge on any atom is 0.469 e. The van der Waals surface area contributed by atoms with Crippen LogP contribution in [0.4, 0.5) is 0 Å². The van der Waals surface area contributed by atoms with Gasteiger partial charge >= 0.3 is 19.8 Å². The summed E-state index contributed by atoms with van der Waals surface area (Å²) in [4.78, 5) is 42.8. The van der Waals surface area contributed by atoms with E-state index in [-0.39, 0.29) is 19.4 Å². The molecule has 0 saturated heterocycles. The molecule has 2 atom stereocenters. The molecule has 9 nitrogen and oxygen atoms in total. The molecule has 0 fully saturated rings. The van der Waals surface area contributed by atoms with Crippen molar-refractivity contribution in [2.45, 2.75) is 161 Å². The molecule has 0 aliphatic carbocycles. The average molecular weight is 789 g/mol. The SMILES string of the molecule is CCCCC/C=C\C/C=C\C/C=C\C/C=C\CCCCCC(=O)OC[C@H](COP(=O)(O)O)OC(=O)CCC/C=C\C/C=C\C=C\[C@@H](O)C/C=C\CCCCC. The zero-order valence-electron chi connectivity index (χ0n) is 33.9. The third-order valence-electron chi connectivity index (χ3n) is 8.16. The van der Waals surface area contributed by atoms with Crippen LogP contribution in [-0.4, -0.2) is 52.3 Å². The number of carbonyl (C=O) groups excluding carboxylic acids is 2. The first-order valence-corrected chi connectivity index (χ1v) is 22.2. The Morgan fingerprint density at radius 2 is 1.05 bits per heavy atom. The van der Waals surface area contributed by atoms with Crippen LogP contribution in [-0.2, 0) is 28.2 Å². The molecule has 0 aromatic rings. The highest BCUT2D eigenvalue weighted by atomic mass is 31.2. The molecule has 0 spiro atoms. The van der Waals surface area contributed by atoms with E-state index < -0.39 is 38.6 Å². The predicted octanol–water partition coefficient (Wildman–Crippen LogP) is 11.6. The Labute approximate surface area is 333 Å². The molecule has 0 aliphatic rings. The highest BCUT2D eigenvalue weighted by Crippen LogP contribution is 2.36. The summed E-state index contributed by atoms with van der Waals surface area (Å²) in [5.41, 5.74) is 0. The van der Waals surface area contributed by atoms with Gasteiger partial charge in [-0.1, -0.05) is 143 Å². The van der Waals surface area contributed by atoms with Crippen molar-refractivity contribution in [3.05, 3.63) is 97.2 Å². The molecule has 0 aromatic carbocycles. The normalized spacial score (nSPS) is 14.1. The summed E-state index contributed by atoms with van der Waals surface area (Å²) in [5, 5.41) is 10.00. The quantitative estimate of drug-likeness (QED) is 0.0186. The smallest absolute Gasteiger partial charge is 0.462 e. The Morgan fingerprint density at radius 1 is 0.564 bits per heavy atom. The van der Waals surface area contributed by atoms with Crippen LogP contribution in [0.15, 0.2) is 97.2 Å². The van der Waals surface area contributed by atoms with Crippen LogP contribution >= 0.6 is 7.82 Å². The molecule has 0 amide bonds. The number of ether oxygens (including phenoxy) is 2. The molecule has 55 heavy (non-hydrogen) atoms. The average Bonchev–Trinajstić information content (AvgIpc) is 3.15. The van der Waals surface area contributed by atoms with Gasteiger partial charge in [0.2, 0.25) is 0 Å². The first kappa shape index (κ1) is 51.9. The summed E-state index contributed by atoms with van der Waals surface area (Å²) in [6, 6.07) is 0. The molecule has 10 heteroatoms. The fraction of sp³-hybridized carbons (Fsp3) is 0.600. The van der Waals surface area contributed by atoms with E-state index >= 15 is 0 Å². The molecule has 3 N–H and O–H groups in total.